The minimum atomic E-state index is -4.13. The third-order valence-corrected chi connectivity index (χ3v) is 8.03. The van der Waals surface area contributed by atoms with Crippen LogP contribution in [-0.2, 0) is 47.7 Å². The molecule has 0 saturated carbocycles. The van der Waals surface area contributed by atoms with Gasteiger partial charge in [0, 0.05) is 38.0 Å². The molecule has 2 amide bonds. The van der Waals surface area contributed by atoms with Gasteiger partial charge >= 0.3 is 16.2 Å². The molecule has 0 radical (unpaired) electrons. The van der Waals surface area contributed by atoms with Crippen LogP contribution in [0.3, 0.4) is 0 Å². The lowest BCUT2D eigenvalue weighted by Crippen LogP contribution is -2.47. The third-order valence-electron chi connectivity index (χ3n) is 6.65. The average molecular weight is 460 g/mol. The second-order valence-corrected chi connectivity index (χ2v) is 10.5. The Hall–Kier alpha value is -2.59. The van der Waals surface area contributed by atoms with Gasteiger partial charge in [0.1, 0.15) is 0 Å². The molecule has 2 aromatic rings. The first-order valence-electron chi connectivity index (χ1n) is 11.2. The largest absolute Gasteiger partial charge is 0.381 e. The number of hydrogen-bond acceptors (Lipinski definition) is 5. The van der Waals surface area contributed by atoms with E-state index in [-0.39, 0.29) is 12.5 Å². The molecule has 1 aromatic heterocycles. The van der Waals surface area contributed by atoms with Crippen LogP contribution in [0, 0.1) is 5.92 Å². The van der Waals surface area contributed by atoms with Crippen LogP contribution in [0.25, 0.3) is 0 Å². The standard InChI is InChI=1S/C22H29N5O4S/c1-26-13-18(11-23-26)27(12-15-8-9-31-14-15)32(29,30)25-22(28)24-21-19-6-2-4-16(19)10-17-5-3-7-20(17)21/h10-11,13,15H,2-9,12,14H2,1H3,(H2,24,25,28)/t15-/m1/s1. The zero-order valence-corrected chi connectivity index (χ0v) is 19.1. The Labute approximate surface area is 188 Å². The van der Waals surface area contributed by atoms with E-state index in [0.29, 0.717) is 18.9 Å². The molecule has 1 aromatic carbocycles. The maximum Gasteiger partial charge on any atom is 0.334 e. The lowest BCUT2D eigenvalue weighted by molar-refractivity contribution is 0.187. The molecule has 3 aliphatic rings. The summed E-state index contributed by atoms with van der Waals surface area (Å²) in [5.74, 6) is 0.0653. The van der Waals surface area contributed by atoms with Crippen molar-refractivity contribution in [2.75, 3.05) is 29.4 Å². The van der Waals surface area contributed by atoms with E-state index in [1.165, 1.54) is 21.6 Å². The van der Waals surface area contributed by atoms with Crippen molar-refractivity contribution in [3.63, 3.8) is 0 Å². The minimum absolute atomic E-state index is 0.0653. The fraction of sp³-hybridized carbons (Fsp3) is 0.545. The average Bonchev–Trinajstić information content (AvgIpc) is 3.52. The summed E-state index contributed by atoms with van der Waals surface area (Å²) in [4.78, 5) is 12.9. The Morgan fingerprint density at radius 2 is 1.94 bits per heavy atom. The quantitative estimate of drug-likeness (QED) is 0.690. The summed E-state index contributed by atoms with van der Waals surface area (Å²) in [6.45, 7) is 1.34. The minimum Gasteiger partial charge on any atom is -0.381 e. The van der Waals surface area contributed by atoms with Crippen molar-refractivity contribution < 1.29 is 17.9 Å². The van der Waals surface area contributed by atoms with E-state index >= 15 is 0 Å². The lowest BCUT2D eigenvalue weighted by Gasteiger charge is -2.25. The fourth-order valence-electron chi connectivity index (χ4n) is 5.12. The van der Waals surface area contributed by atoms with Crippen molar-refractivity contribution in [1.82, 2.24) is 14.5 Å². The number of nitrogens with one attached hydrogen (secondary N) is 2. The maximum atomic E-state index is 13.3. The smallest absolute Gasteiger partial charge is 0.334 e. The highest BCUT2D eigenvalue weighted by molar-refractivity contribution is 7.91. The number of benzene rings is 1. The number of carbonyl (C=O) groups excluding carboxylic acids is 1. The Morgan fingerprint density at radius 1 is 1.22 bits per heavy atom. The normalized spacial score (nSPS) is 19.6. The highest BCUT2D eigenvalue weighted by Crippen LogP contribution is 2.38. The number of urea groups is 1. The number of fused-ring (bicyclic) bond motifs is 2. The highest BCUT2D eigenvalue weighted by Gasteiger charge is 2.31. The monoisotopic (exact) mass is 459 g/mol. The first-order chi connectivity index (χ1) is 15.4. The van der Waals surface area contributed by atoms with E-state index < -0.39 is 16.2 Å². The summed E-state index contributed by atoms with van der Waals surface area (Å²) < 4.78 is 37.0. The Bertz CT molecular complexity index is 1110. The molecule has 172 valence electrons. The van der Waals surface area contributed by atoms with E-state index in [1.54, 1.807) is 17.9 Å². The number of amides is 2. The maximum absolute atomic E-state index is 13.3. The van der Waals surface area contributed by atoms with Gasteiger partial charge in [0.05, 0.1) is 18.5 Å². The van der Waals surface area contributed by atoms with Crippen LogP contribution in [0.5, 0.6) is 0 Å². The molecule has 2 heterocycles. The van der Waals surface area contributed by atoms with Gasteiger partial charge in [-0.2, -0.15) is 13.5 Å². The molecule has 9 nitrogen and oxygen atoms in total. The molecule has 32 heavy (non-hydrogen) atoms. The molecular formula is C22H29N5O4S. The van der Waals surface area contributed by atoms with E-state index in [2.05, 4.69) is 21.2 Å². The molecule has 5 rings (SSSR count). The first kappa shape index (κ1) is 21.3. The summed E-state index contributed by atoms with van der Waals surface area (Å²) in [6.07, 6.45) is 9.86. The number of rotatable bonds is 6. The predicted molar refractivity (Wildman–Crippen MR) is 121 cm³/mol. The van der Waals surface area contributed by atoms with Gasteiger partial charge in [-0.1, -0.05) is 6.07 Å². The molecule has 2 N–H and O–H groups in total. The van der Waals surface area contributed by atoms with E-state index in [9.17, 15) is 13.2 Å². The van der Waals surface area contributed by atoms with Gasteiger partial charge in [-0.3, -0.25) is 4.68 Å². The van der Waals surface area contributed by atoms with Crippen molar-refractivity contribution in [3.8, 4) is 0 Å². The van der Waals surface area contributed by atoms with Crippen molar-refractivity contribution >= 4 is 27.6 Å². The van der Waals surface area contributed by atoms with Gasteiger partial charge in [0.15, 0.2) is 0 Å². The van der Waals surface area contributed by atoms with Gasteiger partial charge in [-0.25, -0.2) is 13.8 Å². The lowest BCUT2D eigenvalue weighted by atomic mass is 9.99. The second kappa shape index (κ2) is 8.40. The molecule has 10 heteroatoms. The van der Waals surface area contributed by atoms with Gasteiger partial charge < -0.3 is 10.1 Å². The van der Waals surface area contributed by atoms with E-state index in [1.807, 2.05) is 0 Å². The van der Waals surface area contributed by atoms with Crippen LogP contribution >= 0.6 is 0 Å². The van der Waals surface area contributed by atoms with Crippen molar-refractivity contribution in [2.45, 2.75) is 44.9 Å². The number of hydrogen-bond donors (Lipinski definition) is 2. The number of ether oxygens (including phenoxy) is 1. The predicted octanol–water partition coefficient (Wildman–Crippen LogP) is 2.31. The molecule has 0 spiro atoms. The third kappa shape index (κ3) is 4.09. The van der Waals surface area contributed by atoms with Crippen molar-refractivity contribution in [1.29, 1.82) is 0 Å². The first-order valence-corrected chi connectivity index (χ1v) is 12.7. The van der Waals surface area contributed by atoms with E-state index in [0.717, 1.165) is 61.8 Å². The van der Waals surface area contributed by atoms with Crippen LogP contribution < -0.4 is 14.3 Å². The summed E-state index contributed by atoms with van der Waals surface area (Å²) in [7, 11) is -2.41. The molecule has 1 atom stereocenters. The van der Waals surface area contributed by atoms with Crippen molar-refractivity contribution in [2.24, 2.45) is 13.0 Å². The zero-order valence-electron chi connectivity index (χ0n) is 18.3. The van der Waals surface area contributed by atoms with Gasteiger partial charge in [0.25, 0.3) is 0 Å². The summed E-state index contributed by atoms with van der Waals surface area (Å²) in [5.41, 5.74) is 6.11. The number of anilines is 2. The van der Waals surface area contributed by atoms with Crippen LogP contribution in [0.1, 0.15) is 41.5 Å². The number of carbonyl (C=O) groups is 1. The van der Waals surface area contributed by atoms with Gasteiger partial charge in [-0.15, -0.1) is 0 Å². The molecule has 0 bridgehead atoms. The molecule has 1 fully saturated rings. The fourth-order valence-corrected chi connectivity index (χ4v) is 6.29. The SMILES string of the molecule is Cn1cc(N(C[C@H]2CCOC2)S(=O)(=O)NC(=O)Nc2c3c(cc4c2CCC4)CCC3)cn1. The topological polar surface area (TPSA) is 106 Å². The molecule has 0 unspecified atom stereocenters. The summed E-state index contributed by atoms with van der Waals surface area (Å²) in [5, 5.41) is 7.00. The Kier molecular flexibility index (Phi) is 5.58. The number of nitrogens with zero attached hydrogens (tertiary/aromatic N) is 3. The van der Waals surface area contributed by atoms with Crippen molar-refractivity contribution in [3.05, 3.63) is 40.7 Å². The molecular weight excluding hydrogens is 430 g/mol. The van der Waals surface area contributed by atoms with Crippen LogP contribution in [0.2, 0.25) is 0 Å². The molecule has 1 saturated heterocycles. The Balaban J connectivity index is 1.38. The Morgan fingerprint density at radius 3 is 2.53 bits per heavy atom. The summed E-state index contributed by atoms with van der Waals surface area (Å²) in [6, 6.07) is 1.55. The van der Waals surface area contributed by atoms with Gasteiger partial charge in [-0.05, 0) is 67.2 Å². The highest BCUT2D eigenvalue weighted by atomic mass is 32.2. The van der Waals surface area contributed by atoms with Crippen LogP contribution in [0.15, 0.2) is 18.5 Å². The van der Waals surface area contributed by atoms with Crippen LogP contribution in [0.4, 0.5) is 16.2 Å². The van der Waals surface area contributed by atoms with Crippen LogP contribution in [-0.4, -0.2) is 44.0 Å². The summed E-state index contributed by atoms with van der Waals surface area (Å²) >= 11 is 0. The second-order valence-electron chi connectivity index (χ2n) is 8.93. The zero-order chi connectivity index (χ0) is 22.3. The van der Waals surface area contributed by atoms with Gasteiger partial charge in [0.2, 0.25) is 0 Å². The van der Waals surface area contributed by atoms with E-state index in [4.69, 9.17) is 4.74 Å². The number of aryl methyl sites for hydroxylation is 3. The molecule has 2 aliphatic carbocycles. The number of aromatic nitrogens is 2. The molecule has 1 aliphatic heterocycles.